The van der Waals surface area contributed by atoms with Crippen molar-refractivity contribution in [3.8, 4) is 0 Å². The molecular formula is C25H23N3O3. The van der Waals surface area contributed by atoms with Gasteiger partial charge in [0.1, 0.15) is 0 Å². The minimum Gasteiger partial charge on any atom is -0.462 e. The van der Waals surface area contributed by atoms with Gasteiger partial charge < -0.3 is 21.1 Å². The maximum Gasteiger partial charge on any atom is 0.338 e. The summed E-state index contributed by atoms with van der Waals surface area (Å²) in [4.78, 5) is 25.1. The van der Waals surface area contributed by atoms with E-state index in [9.17, 15) is 9.59 Å². The van der Waals surface area contributed by atoms with E-state index in [0.717, 1.165) is 22.4 Å². The highest BCUT2D eigenvalue weighted by atomic mass is 16.5. The van der Waals surface area contributed by atoms with Crippen molar-refractivity contribution in [3.63, 3.8) is 0 Å². The van der Waals surface area contributed by atoms with Crippen molar-refractivity contribution in [2.45, 2.75) is 13.5 Å². The molecule has 0 saturated heterocycles. The van der Waals surface area contributed by atoms with Gasteiger partial charge in [0, 0.05) is 17.8 Å². The predicted octanol–water partition coefficient (Wildman–Crippen LogP) is 4.25. The van der Waals surface area contributed by atoms with Crippen molar-refractivity contribution in [3.05, 3.63) is 95.1 Å². The molecule has 0 atom stereocenters. The van der Waals surface area contributed by atoms with Crippen LogP contribution in [0.25, 0.3) is 11.3 Å². The number of amides is 1. The van der Waals surface area contributed by atoms with Crippen molar-refractivity contribution >= 4 is 34.5 Å². The van der Waals surface area contributed by atoms with E-state index in [1.54, 1.807) is 25.1 Å². The standard InChI is InChI=1S/C25H23N3O3/c1-2-31-25(30)18-10-13-20-21(14-18)28-24(29)22(20)23(17-6-4-3-5-7-17)27-19-11-8-16(15-26)9-12-19/h3-14,27H,2,15,26H2,1H3,(H,28,29)/b23-22-. The molecule has 0 aromatic heterocycles. The van der Waals surface area contributed by atoms with Gasteiger partial charge in [0.2, 0.25) is 0 Å². The van der Waals surface area contributed by atoms with Crippen molar-refractivity contribution in [2.24, 2.45) is 5.73 Å². The summed E-state index contributed by atoms with van der Waals surface area (Å²) in [5, 5.41) is 6.28. The zero-order chi connectivity index (χ0) is 21.8. The van der Waals surface area contributed by atoms with Gasteiger partial charge in [-0.25, -0.2) is 4.79 Å². The van der Waals surface area contributed by atoms with Crippen LogP contribution in [0.2, 0.25) is 0 Å². The van der Waals surface area contributed by atoms with E-state index in [2.05, 4.69) is 10.6 Å². The molecule has 156 valence electrons. The molecule has 0 fully saturated rings. The van der Waals surface area contributed by atoms with Crippen LogP contribution in [0.5, 0.6) is 0 Å². The number of benzene rings is 3. The van der Waals surface area contributed by atoms with Gasteiger partial charge in [-0.1, -0.05) is 48.5 Å². The van der Waals surface area contributed by atoms with Crippen LogP contribution in [0, 0.1) is 0 Å². The predicted molar refractivity (Wildman–Crippen MR) is 122 cm³/mol. The first-order valence-corrected chi connectivity index (χ1v) is 10.1. The van der Waals surface area contributed by atoms with Crippen LogP contribution in [-0.4, -0.2) is 18.5 Å². The van der Waals surface area contributed by atoms with E-state index in [4.69, 9.17) is 10.5 Å². The summed E-state index contributed by atoms with van der Waals surface area (Å²) < 4.78 is 5.07. The fraction of sp³-hybridized carbons (Fsp3) is 0.120. The Kier molecular flexibility index (Phi) is 5.82. The second kappa shape index (κ2) is 8.85. The van der Waals surface area contributed by atoms with E-state index in [1.165, 1.54) is 0 Å². The highest BCUT2D eigenvalue weighted by Crippen LogP contribution is 2.38. The van der Waals surface area contributed by atoms with E-state index >= 15 is 0 Å². The van der Waals surface area contributed by atoms with Crippen LogP contribution < -0.4 is 16.4 Å². The number of carbonyl (C=O) groups excluding carboxylic acids is 2. The molecule has 6 heteroatoms. The van der Waals surface area contributed by atoms with E-state index in [-0.39, 0.29) is 5.91 Å². The third-order valence-corrected chi connectivity index (χ3v) is 5.05. The molecule has 3 aromatic rings. The van der Waals surface area contributed by atoms with Crippen molar-refractivity contribution in [1.29, 1.82) is 0 Å². The molecule has 0 spiro atoms. The lowest BCUT2D eigenvalue weighted by atomic mass is 9.99. The highest BCUT2D eigenvalue weighted by Gasteiger charge is 2.29. The molecule has 0 radical (unpaired) electrons. The lowest BCUT2D eigenvalue weighted by Gasteiger charge is -2.15. The Morgan fingerprint density at radius 3 is 2.42 bits per heavy atom. The summed E-state index contributed by atoms with van der Waals surface area (Å²) >= 11 is 0. The van der Waals surface area contributed by atoms with Gasteiger partial charge in [0.15, 0.2) is 0 Å². The second-order valence-corrected chi connectivity index (χ2v) is 7.08. The van der Waals surface area contributed by atoms with Crippen LogP contribution in [-0.2, 0) is 16.1 Å². The third kappa shape index (κ3) is 4.20. The number of hydrogen-bond acceptors (Lipinski definition) is 5. The fourth-order valence-electron chi connectivity index (χ4n) is 3.51. The quantitative estimate of drug-likeness (QED) is 0.415. The number of anilines is 2. The first-order chi connectivity index (χ1) is 15.1. The largest absolute Gasteiger partial charge is 0.462 e. The van der Waals surface area contributed by atoms with E-state index < -0.39 is 5.97 Å². The monoisotopic (exact) mass is 413 g/mol. The van der Waals surface area contributed by atoms with Gasteiger partial charge in [-0.05, 0) is 42.3 Å². The van der Waals surface area contributed by atoms with Crippen molar-refractivity contribution < 1.29 is 14.3 Å². The number of fused-ring (bicyclic) bond motifs is 1. The Balaban J connectivity index is 1.81. The minimum absolute atomic E-state index is 0.235. The van der Waals surface area contributed by atoms with Crippen molar-refractivity contribution in [2.75, 3.05) is 17.2 Å². The van der Waals surface area contributed by atoms with E-state index in [0.29, 0.717) is 35.7 Å². The van der Waals surface area contributed by atoms with Crippen LogP contribution in [0.15, 0.2) is 72.8 Å². The van der Waals surface area contributed by atoms with Gasteiger partial charge >= 0.3 is 5.97 Å². The number of ether oxygens (including phenoxy) is 1. The highest BCUT2D eigenvalue weighted by molar-refractivity contribution is 6.37. The SMILES string of the molecule is CCOC(=O)c1ccc2c(c1)NC(=O)/C2=C(\Nc1ccc(CN)cc1)c1ccccc1. The molecule has 1 heterocycles. The number of nitrogens with one attached hydrogen (secondary N) is 2. The molecule has 4 N–H and O–H groups in total. The van der Waals surface area contributed by atoms with Crippen LogP contribution in [0.3, 0.4) is 0 Å². The molecule has 6 nitrogen and oxygen atoms in total. The maximum absolute atomic E-state index is 13.0. The van der Waals surface area contributed by atoms with E-state index in [1.807, 2.05) is 54.6 Å². The fourth-order valence-corrected chi connectivity index (χ4v) is 3.51. The molecule has 1 aliphatic rings. The van der Waals surface area contributed by atoms with Gasteiger partial charge in [-0.15, -0.1) is 0 Å². The number of esters is 1. The van der Waals surface area contributed by atoms with Crippen LogP contribution in [0.1, 0.15) is 34.0 Å². The zero-order valence-corrected chi connectivity index (χ0v) is 17.1. The van der Waals surface area contributed by atoms with Gasteiger partial charge in [-0.2, -0.15) is 0 Å². The molecule has 0 saturated carbocycles. The molecule has 0 aliphatic carbocycles. The average molecular weight is 413 g/mol. The zero-order valence-electron chi connectivity index (χ0n) is 17.1. The summed E-state index contributed by atoms with van der Waals surface area (Å²) in [6.45, 7) is 2.51. The first-order valence-electron chi connectivity index (χ1n) is 10.1. The summed E-state index contributed by atoms with van der Waals surface area (Å²) in [6, 6.07) is 22.5. The number of carbonyl (C=O) groups is 2. The van der Waals surface area contributed by atoms with Gasteiger partial charge in [0.05, 0.1) is 29.1 Å². The Labute approximate surface area is 180 Å². The molecule has 3 aromatic carbocycles. The number of nitrogens with two attached hydrogens (primary N) is 1. The Morgan fingerprint density at radius 2 is 1.74 bits per heavy atom. The molecule has 4 rings (SSSR count). The van der Waals surface area contributed by atoms with Gasteiger partial charge in [-0.3, -0.25) is 4.79 Å². The summed E-state index contributed by atoms with van der Waals surface area (Å²) in [7, 11) is 0. The summed E-state index contributed by atoms with van der Waals surface area (Å²) in [5.74, 6) is -0.653. The second-order valence-electron chi connectivity index (χ2n) is 7.08. The Hall–Kier alpha value is -3.90. The van der Waals surface area contributed by atoms with Gasteiger partial charge in [0.25, 0.3) is 5.91 Å². The molecular weight excluding hydrogens is 390 g/mol. The molecule has 1 aliphatic heterocycles. The average Bonchev–Trinajstić information content (AvgIpc) is 3.13. The number of rotatable bonds is 6. The summed E-state index contributed by atoms with van der Waals surface area (Å²) in [5.41, 5.74) is 11.3. The number of hydrogen-bond donors (Lipinski definition) is 3. The first kappa shape index (κ1) is 20.4. The molecule has 0 unspecified atom stereocenters. The minimum atomic E-state index is -0.418. The van der Waals surface area contributed by atoms with Crippen molar-refractivity contribution in [1.82, 2.24) is 0 Å². The maximum atomic E-state index is 13.0. The Bertz CT molecular complexity index is 1150. The Morgan fingerprint density at radius 1 is 1.00 bits per heavy atom. The lowest BCUT2D eigenvalue weighted by molar-refractivity contribution is -0.110. The van der Waals surface area contributed by atoms with Crippen LogP contribution in [0.4, 0.5) is 11.4 Å². The summed E-state index contributed by atoms with van der Waals surface area (Å²) in [6.07, 6.45) is 0. The molecule has 31 heavy (non-hydrogen) atoms. The third-order valence-electron chi connectivity index (χ3n) is 5.05. The smallest absolute Gasteiger partial charge is 0.338 e. The lowest BCUT2D eigenvalue weighted by Crippen LogP contribution is -2.10. The normalized spacial score (nSPS) is 13.9. The molecule has 0 bridgehead atoms. The van der Waals surface area contributed by atoms with Crippen LogP contribution >= 0.6 is 0 Å². The molecule has 1 amide bonds. The topological polar surface area (TPSA) is 93.4 Å².